The molecule has 1 saturated carbocycles. The summed E-state index contributed by atoms with van der Waals surface area (Å²) in [5.74, 6) is 0.995. The van der Waals surface area contributed by atoms with Gasteiger partial charge in [0.1, 0.15) is 17.2 Å². The standard InChI is InChI=1S/C28H38N8O3/c1-28(2,3)22-17-34(12-13-35(22)27(38)39)20-10-11-23(29-16-20)31-26-30-15-18-14-21(25(37)33(4)5)36(24(18)32-26)19-8-6-7-9-19/h10-11,14-16,19,22H,6-9,12-13,17H2,1-5H3,(H,38,39)(H,29,30,31,32). The first-order chi connectivity index (χ1) is 18.5. The zero-order valence-electron chi connectivity index (χ0n) is 23.4. The summed E-state index contributed by atoms with van der Waals surface area (Å²) in [6, 6.07) is 5.89. The van der Waals surface area contributed by atoms with Gasteiger partial charge >= 0.3 is 6.09 Å². The number of nitrogens with one attached hydrogen (secondary N) is 1. The fourth-order valence-electron chi connectivity index (χ4n) is 5.74. The van der Waals surface area contributed by atoms with Crippen LogP contribution in [0.1, 0.15) is 63.0 Å². The molecule has 0 bridgehead atoms. The molecule has 208 valence electrons. The van der Waals surface area contributed by atoms with E-state index in [1.807, 2.05) is 18.2 Å². The van der Waals surface area contributed by atoms with Crippen molar-refractivity contribution in [2.24, 2.45) is 5.41 Å². The SMILES string of the molecule is CN(C)C(=O)c1cc2cnc(Nc3ccc(N4CCN(C(=O)O)C(C(C)(C)C)C4)cn3)nc2n1C1CCCC1. The molecular weight excluding hydrogens is 496 g/mol. The molecule has 3 aromatic rings. The smallest absolute Gasteiger partial charge is 0.407 e. The van der Waals surface area contributed by atoms with Crippen molar-refractivity contribution >= 4 is 40.5 Å². The van der Waals surface area contributed by atoms with Crippen molar-refractivity contribution in [2.75, 3.05) is 43.9 Å². The first kappa shape index (κ1) is 26.7. The Labute approximate surface area is 228 Å². The van der Waals surface area contributed by atoms with Crippen LogP contribution in [0.25, 0.3) is 11.0 Å². The Morgan fingerprint density at radius 2 is 1.82 bits per heavy atom. The van der Waals surface area contributed by atoms with Crippen LogP contribution in [-0.2, 0) is 0 Å². The van der Waals surface area contributed by atoms with Crippen LogP contribution in [0.5, 0.6) is 0 Å². The number of nitrogens with zero attached hydrogens (tertiary/aromatic N) is 7. The fraction of sp³-hybridized carbons (Fsp3) is 0.536. The molecule has 1 aliphatic heterocycles. The van der Waals surface area contributed by atoms with Crippen LogP contribution in [0.3, 0.4) is 0 Å². The first-order valence-corrected chi connectivity index (χ1v) is 13.6. The minimum absolute atomic E-state index is 0.0375. The van der Waals surface area contributed by atoms with Crippen LogP contribution >= 0.6 is 0 Å². The number of piperazine rings is 1. The third-order valence-electron chi connectivity index (χ3n) is 7.87. The molecule has 11 heteroatoms. The largest absolute Gasteiger partial charge is 0.465 e. The van der Waals surface area contributed by atoms with Gasteiger partial charge in [0.05, 0.1) is 17.9 Å². The second-order valence-electron chi connectivity index (χ2n) is 11.8. The van der Waals surface area contributed by atoms with Crippen molar-refractivity contribution in [3.63, 3.8) is 0 Å². The van der Waals surface area contributed by atoms with E-state index < -0.39 is 6.09 Å². The van der Waals surface area contributed by atoms with Gasteiger partial charge in [-0.15, -0.1) is 0 Å². The van der Waals surface area contributed by atoms with Crippen molar-refractivity contribution in [3.05, 3.63) is 36.3 Å². The summed E-state index contributed by atoms with van der Waals surface area (Å²) in [7, 11) is 3.53. The van der Waals surface area contributed by atoms with Crippen LogP contribution < -0.4 is 10.2 Å². The summed E-state index contributed by atoms with van der Waals surface area (Å²) in [6.07, 6.45) is 7.04. The molecule has 2 amide bonds. The van der Waals surface area contributed by atoms with E-state index in [-0.39, 0.29) is 23.4 Å². The Kier molecular flexibility index (Phi) is 7.09. The summed E-state index contributed by atoms with van der Waals surface area (Å²) in [5.41, 5.74) is 2.16. The first-order valence-electron chi connectivity index (χ1n) is 13.6. The fourth-order valence-corrected chi connectivity index (χ4v) is 5.74. The molecule has 3 aromatic heterocycles. The number of anilines is 3. The summed E-state index contributed by atoms with van der Waals surface area (Å²) in [6.45, 7) is 7.88. The van der Waals surface area contributed by atoms with Gasteiger partial charge in [-0.1, -0.05) is 33.6 Å². The average Bonchev–Trinajstić information content (AvgIpc) is 3.55. The lowest BCUT2D eigenvalue weighted by Gasteiger charge is -2.46. The van der Waals surface area contributed by atoms with Gasteiger partial charge in [0.15, 0.2) is 0 Å². The van der Waals surface area contributed by atoms with Gasteiger partial charge in [0.25, 0.3) is 5.91 Å². The monoisotopic (exact) mass is 534 g/mol. The summed E-state index contributed by atoms with van der Waals surface area (Å²) >= 11 is 0. The van der Waals surface area contributed by atoms with Crippen molar-refractivity contribution < 1.29 is 14.7 Å². The maximum absolute atomic E-state index is 13.0. The Balaban J connectivity index is 1.37. The molecule has 39 heavy (non-hydrogen) atoms. The molecule has 1 atom stereocenters. The predicted molar refractivity (Wildman–Crippen MR) is 151 cm³/mol. The second kappa shape index (κ2) is 10.3. The van der Waals surface area contributed by atoms with E-state index >= 15 is 0 Å². The highest BCUT2D eigenvalue weighted by atomic mass is 16.4. The molecule has 5 rings (SSSR count). The molecule has 1 saturated heterocycles. The molecule has 2 fully saturated rings. The van der Waals surface area contributed by atoms with E-state index in [1.54, 1.807) is 36.3 Å². The quantitative estimate of drug-likeness (QED) is 0.487. The Bertz CT molecular complexity index is 1360. The highest BCUT2D eigenvalue weighted by molar-refractivity contribution is 5.97. The van der Waals surface area contributed by atoms with Gasteiger partial charge in [-0.3, -0.25) is 4.79 Å². The Hall–Kier alpha value is -3.89. The topological polar surface area (TPSA) is 120 Å². The lowest BCUT2D eigenvalue weighted by Crippen LogP contribution is -2.59. The van der Waals surface area contributed by atoms with Gasteiger partial charge in [-0.2, -0.15) is 4.98 Å². The van der Waals surface area contributed by atoms with E-state index in [4.69, 9.17) is 4.98 Å². The van der Waals surface area contributed by atoms with E-state index in [0.29, 0.717) is 37.1 Å². The molecule has 2 aliphatic rings. The maximum Gasteiger partial charge on any atom is 0.407 e. The molecule has 0 spiro atoms. The van der Waals surface area contributed by atoms with Gasteiger partial charge in [-0.25, -0.2) is 14.8 Å². The van der Waals surface area contributed by atoms with Crippen LogP contribution in [0.4, 0.5) is 22.2 Å². The van der Waals surface area contributed by atoms with Gasteiger partial charge in [-0.05, 0) is 36.5 Å². The highest BCUT2D eigenvalue weighted by Gasteiger charge is 2.38. The molecule has 2 N–H and O–H groups in total. The minimum Gasteiger partial charge on any atom is -0.465 e. The van der Waals surface area contributed by atoms with E-state index in [0.717, 1.165) is 42.4 Å². The normalized spacial score (nSPS) is 18.5. The molecule has 1 aliphatic carbocycles. The lowest BCUT2D eigenvalue weighted by atomic mass is 9.84. The zero-order valence-corrected chi connectivity index (χ0v) is 23.4. The average molecular weight is 535 g/mol. The van der Waals surface area contributed by atoms with Crippen molar-refractivity contribution in [2.45, 2.75) is 58.5 Å². The number of rotatable bonds is 5. The van der Waals surface area contributed by atoms with E-state index in [9.17, 15) is 14.7 Å². The van der Waals surface area contributed by atoms with Crippen molar-refractivity contribution in [1.29, 1.82) is 0 Å². The summed E-state index contributed by atoms with van der Waals surface area (Å²) in [5, 5.41) is 13.7. The van der Waals surface area contributed by atoms with E-state index in [2.05, 4.69) is 45.5 Å². The number of pyridine rings is 1. The Morgan fingerprint density at radius 1 is 1.08 bits per heavy atom. The number of amides is 2. The van der Waals surface area contributed by atoms with E-state index in [1.165, 1.54) is 0 Å². The van der Waals surface area contributed by atoms with Crippen LogP contribution in [-0.4, -0.2) is 86.2 Å². The molecule has 4 heterocycles. The number of aromatic nitrogens is 4. The molecule has 11 nitrogen and oxygen atoms in total. The highest BCUT2D eigenvalue weighted by Crippen LogP contribution is 2.35. The Morgan fingerprint density at radius 3 is 2.44 bits per heavy atom. The summed E-state index contributed by atoms with van der Waals surface area (Å²) in [4.78, 5) is 44.0. The van der Waals surface area contributed by atoms with Crippen LogP contribution in [0.2, 0.25) is 0 Å². The zero-order chi connectivity index (χ0) is 27.9. The summed E-state index contributed by atoms with van der Waals surface area (Å²) < 4.78 is 2.09. The molecular formula is C28H38N8O3. The van der Waals surface area contributed by atoms with Gasteiger partial charge in [0, 0.05) is 51.4 Å². The predicted octanol–water partition coefficient (Wildman–Crippen LogP) is 4.60. The number of carbonyl (C=O) groups excluding carboxylic acids is 1. The maximum atomic E-state index is 13.0. The second-order valence-corrected chi connectivity index (χ2v) is 11.8. The van der Waals surface area contributed by atoms with Gasteiger partial charge in [0.2, 0.25) is 5.95 Å². The van der Waals surface area contributed by atoms with Crippen LogP contribution in [0.15, 0.2) is 30.6 Å². The molecule has 0 radical (unpaired) electrons. The number of carboxylic acid groups (broad SMARTS) is 1. The third kappa shape index (κ3) is 5.35. The number of carbonyl (C=O) groups is 2. The third-order valence-corrected chi connectivity index (χ3v) is 7.87. The van der Waals surface area contributed by atoms with Crippen molar-refractivity contribution in [1.82, 2.24) is 29.3 Å². The van der Waals surface area contributed by atoms with Gasteiger partial charge < -0.3 is 29.7 Å². The van der Waals surface area contributed by atoms with Crippen molar-refractivity contribution in [3.8, 4) is 0 Å². The number of fused-ring (bicyclic) bond motifs is 1. The van der Waals surface area contributed by atoms with Crippen LogP contribution in [0, 0.1) is 5.41 Å². The molecule has 1 unspecified atom stereocenters. The minimum atomic E-state index is -0.874. The molecule has 0 aromatic carbocycles. The number of hydrogen-bond donors (Lipinski definition) is 2. The lowest BCUT2D eigenvalue weighted by molar-refractivity contribution is 0.0748. The number of hydrogen-bond acceptors (Lipinski definition) is 7.